The number of allylic oxidation sites excluding steroid dienone is 5. The highest BCUT2D eigenvalue weighted by Crippen LogP contribution is 2.42. The van der Waals surface area contributed by atoms with Crippen LogP contribution >= 0.6 is 0 Å². The van der Waals surface area contributed by atoms with Gasteiger partial charge in [-0.25, -0.2) is 0 Å². The van der Waals surface area contributed by atoms with Crippen molar-refractivity contribution in [3.05, 3.63) is 52.8 Å². The Bertz CT molecular complexity index is 934. The van der Waals surface area contributed by atoms with E-state index >= 15 is 0 Å². The van der Waals surface area contributed by atoms with Crippen molar-refractivity contribution in [1.82, 2.24) is 0 Å². The van der Waals surface area contributed by atoms with Gasteiger partial charge in [0, 0.05) is 17.9 Å². The van der Waals surface area contributed by atoms with Crippen LogP contribution in [0.4, 0.5) is 0 Å². The van der Waals surface area contributed by atoms with Crippen molar-refractivity contribution in [2.75, 3.05) is 0 Å². The number of hydrogen-bond donors (Lipinski definition) is 4. The van der Waals surface area contributed by atoms with E-state index in [0.717, 1.165) is 11.1 Å². The first kappa shape index (κ1) is 23.1. The van der Waals surface area contributed by atoms with Gasteiger partial charge in [0.1, 0.15) is 6.10 Å². The average molecular weight is 429 g/mol. The number of ketones is 1. The fourth-order valence-corrected chi connectivity index (χ4v) is 4.31. The maximum atomic E-state index is 13.4. The molecule has 6 heteroatoms. The summed E-state index contributed by atoms with van der Waals surface area (Å²) >= 11 is 0. The number of benzene rings is 1. The van der Waals surface area contributed by atoms with Gasteiger partial charge in [0.15, 0.2) is 17.3 Å². The van der Waals surface area contributed by atoms with Gasteiger partial charge in [0.25, 0.3) is 0 Å². The van der Waals surface area contributed by atoms with Crippen molar-refractivity contribution in [2.24, 2.45) is 11.8 Å². The number of phenols is 2. The van der Waals surface area contributed by atoms with Crippen molar-refractivity contribution in [2.45, 2.75) is 65.3 Å². The van der Waals surface area contributed by atoms with Crippen LogP contribution in [0.2, 0.25) is 0 Å². The lowest BCUT2D eigenvalue weighted by atomic mass is 9.69. The number of carbonyl (C=O) groups excluding carboxylic acids is 1. The van der Waals surface area contributed by atoms with Gasteiger partial charge in [-0.1, -0.05) is 23.3 Å². The Kier molecular flexibility index (Phi) is 6.92. The minimum Gasteiger partial charge on any atom is -0.504 e. The Labute approximate surface area is 183 Å². The Morgan fingerprint density at radius 3 is 2.42 bits per heavy atom. The lowest BCUT2D eigenvalue weighted by molar-refractivity contribution is -0.147. The molecule has 1 aliphatic heterocycles. The second-order valence-electron chi connectivity index (χ2n) is 9.06. The number of aliphatic hydroxyl groups excluding tert-OH is 2. The summed E-state index contributed by atoms with van der Waals surface area (Å²) in [4.78, 5) is 13.4. The number of aromatic hydroxyl groups is 2. The van der Waals surface area contributed by atoms with Crippen LogP contribution in [0, 0.1) is 11.8 Å². The minimum absolute atomic E-state index is 0.216. The van der Waals surface area contributed by atoms with E-state index in [1.807, 2.05) is 39.8 Å². The lowest BCUT2D eigenvalue weighted by Crippen LogP contribution is -2.54. The van der Waals surface area contributed by atoms with Crippen LogP contribution in [-0.4, -0.2) is 44.5 Å². The van der Waals surface area contributed by atoms with E-state index in [1.54, 1.807) is 6.07 Å². The number of aliphatic hydroxyl groups is 2. The molecule has 1 fully saturated rings. The molecule has 5 atom stereocenters. The van der Waals surface area contributed by atoms with Gasteiger partial charge in [0.05, 0.1) is 30.0 Å². The second-order valence-corrected chi connectivity index (χ2v) is 9.06. The molecule has 2 aliphatic rings. The summed E-state index contributed by atoms with van der Waals surface area (Å²) in [6, 6.07) is 2.99. The first-order valence-electron chi connectivity index (χ1n) is 10.7. The van der Waals surface area contributed by atoms with Crippen LogP contribution in [0.3, 0.4) is 0 Å². The number of hydrogen-bond acceptors (Lipinski definition) is 6. The van der Waals surface area contributed by atoms with Crippen LogP contribution in [-0.2, 0) is 16.0 Å². The smallest absolute Gasteiger partial charge is 0.175 e. The molecule has 1 aliphatic carbocycles. The molecule has 0 radical (unpaired) electrons. The molecular formula is C25H32O6. The Morgan fingerprint density at radius 2 is 1.77 bits per heavy atom. The van der Waals surface area contributed by atoms with Gasteiger partial charge >= 0.3 is 0 Å². The summed E-state index contributed by atoms with van der Waals surface area (Å²) in [5.41, 5.74) is 3.31. The van der Waals surface area contributed by atoms with E-state index in [1.165, 1.54) is 12.3 Å². The fourth-order valence-electron chi connectivity index (χ4n) is 4.31. The summed E-state index contributed by atoms with van der Waals surface area (Å²) in [6.45, 7) is 7.77. The van der Waals surface area contributed by atoms with Crippen LogP contribution < -0.4 is 0 Å². The van der Waals surface area contributed by atoms with Crippen LogP contribution in [0.25, 0.3) is 5.57 Å². The summed E-state index contributed by atoms with van der Waals surface area (Å²) in [5.74, 6) is -2.06. The van der Waals surface area contributed by atoms with Gasteiger partial charge in [-0.15, -0.1) is 0 Å². The van der Waals surface area contributed by atoms with Gasteiger partial charge in [-0.3, -0.25) is 4.79 Å². The van der Waals surface area contributed by atoms with E-state index in [9.17, 15) is 25.2 Å². The largest absolute Gasteiger partial charge is 0.504 e. The maximum absolute atomic E-state index is 13.4. The van der Waals surface area contributed by atoms with Crippen LogP contribution in [0.5, 0.6) is 11.5 Å². The topological polar surface area (TPSA) is 107 Å². The highest BCUT2D eigenvalue weighted by Gasteiger charge is 2.49. The standard InChI is InChI=1S/C25H32O6/c1-13(2)5-7-15-9-16(10-20(27)23(15)28)18-12-31-21-11-19(26)17(8-6-14(3)4)24(29)22(21)25(18)30/h5-6,9-10,12,17,19,21-22,24,26-29H,7-8,11H2,1-4H3. The molecular weight excluding hydrogens is 396 g/mol. The third-order valence-corrected chi connectivity index (χ3v) is 6.11. The number of Topliss-reactive ketones (excluding diaryl/α,β-unsaturated/α-hetero) is 1. The third kappa shape index (κ3) is 4.86. The number of fused-ring (bicyclic) bond motifs is 1. The monoisotopic (exact) mass is 428 g/mol. The van der Waals surface area contributed by atoms with Crippen molar-refractivity contribution < 1.29 is 30.0 Å². The Hall–Kier alpha value is -2.57. The molecule has 0 saturated heterocycles. The zero-order valence-corrected chi connectivity index (χ0v) is 18.5. The number of carbonyl (C=O) groups is 1. The van der Waals surface area contributed by atoms with Crippen LogP contribution in [0.15, 0.2) is 41.7 Å². The quantitative estimate of drug-likeness (QED) is 0.421. The van der Waals surface area contributed by atoms with Gasteiger partial charge < -0.3 is 25.2 Å². The molecule has 6 nitrogen and oxygen atoms in total. The minimum atomic E-state index is -1.04. The molecule has 4 N–H and O–H groups in total. The first-order chi connectivity index (χ1) is 14.6. The highest BCUT2D eigenvalue weighted by molar-refractivity contribution is 6.22. The third-order valence-electron chi connectivity index (χ3n) is 6.11. The van der Waals surface area contributed by atoms with E-state index in [0.29, 0.717) is 24.0 Å². The van der Waals surface area contributed by atoms with E-state index in [2.05, 4.69) is 0 Å². The molecule has 0 aromatic heterocycles. The molecule has 5 unspecified atom stereocenters. The van der Waals surface area contributed by atoms with Gasteiger partial charge in [-0.2, -0.15) is 0 Å². The first-order valence-corrected chi connectivity index (χ1v) is 10.7. The molecule has 31 heavy (non-hydrogen) atoms. The van der Waals surface area contributed by atoms with E-state index in [4.69, 9.17) is 4.74 Å². The normalized spacial score (nSPS) is 27.6. The summed E-state index contributed by atoms with van der Waals surface area (Å²) < 4.78 is 5.77. The van der Waals surface area contributed by atoms with Gasteiger partial charge in [-0.05, 0) is 58.2 Å². The summed E-state index contributed by atoms with van der Waals surface area (Å²) in [6.07, 6.45) is 3.97. The van der Waals surface area contributed by atoms with E-state index < -0.39 is 30.1 Å². The lowest BCUT2D eigenvalue weighted by Gasteiger charge is -2.43. The van der Waals surface area contributed by atoms with Gasteiger partial charge in [0.2, 0.25) is 0 Å². The predicted molar refractivity (Wildman–Crippen MR) is 118 cm³/mol. The number of phenolic OH excluding ortho intramolecular Hbond substituents is 2. The zero-order chi connectivity index (χ0) is 22.9. The molecule has 0 spiro atoms. The molecule has 1 aromatic carbocycles. The van der Waals surface area contributed by atoms with Crippen molar-refractivity contribution in [3.8, 4) is 11.5 Å². The number of rotatable bonds is 5. The Morgan fingerprint density at radius 1 is 1.10 bits per heavy atom. The molecule has 1 heterocycles. The second kappa shape index (κ2) is 9.28. The molecule has 3 rings (SSSR count). The maximum Gasteiger partial charge on any atom is 0.175 e. The summed E-state index contributed by atoms with van der Waals surface area (Å²) in [7, 11) is 0. The zero-order valence-electron chi connectivity index (χ0n) is 18.5. The molecule has 1 saturated carbocycles. The molecule has 0 amide bonds. The Balaban J connectivity index is 1.93. The molecule has 1 aromatic rings. The van der Waals surface area contributed by atoms with Crippen molar-refractivity contribution in [1.29, 1.82) is 0 Å². The fraction of sp³-hybridized carbons (Fsp3) is 0.480. The highest BCUT2D eigenvalue weighted by atomic mass is 16.5. The predicted octanol–water partition coefficient (Wildman–Crippen LogP) is 3.63. The van der Waals surface area contributed by atoms with E-state index in [-0.39, 0.29) is 29.3 Å². The molecule has 0 bridgehead atoms. The average Bonchev–Trinajstić information content (AvgIpc) is 2.68. The van der Waals surface area contributed by atoms with Crippen molar-refractivity contribution >= 4 is 11.4 Å². The SMILES string of the molecule is CC(C)=CCc1cc(C2=COC3CC(O)C(CC=C(C)C)C(O)C3C2=O)cc(O)c1O. The number of ether oxygens (including phenoxy) is 1. The van der Waals surface area contributed by atoms with Crippen molar-refractivity contribution in [3.63, 3.8) is 0 Å². The summed E-state index contributed by atoms with van der Waals surface area (Å²) in [5, 5.41) is 41.9. The van der Waals surface area contributed by atoms with Crippen LogP contribution in [0.1, 0.15) is 51.7 Å². The molecule has 168 valence electrons.